The highest BCUT2D eigenvalue weighted by molar-refractivity contribution is 6.31. The van der Waals surface area contributed by atoms with Gasteiger partial charge < -0.3 is 9.88 Å². The molecule has 4 aromatic rings. The van der Waals surface area contributed by atoms with Crippen molar-refractivity contribution in [2.45, 2.75) is 12.2 Å². The van der Waals surface area contributed by atoms with E-state index in [9.17, 15) is 27.6 Å². The minimum absolute atomic E-state index is 0.0133. The van der Waals surface area contributed by atoms with Gasteiger partial charge in [-0.2, -0.15) is 13.2 Å². The molecule has 176 valence electrons. The van der Waals surface area contributed by atoms with Crippen molar-refractivity contribution in [1.82, 2.24) is 18.7 Å². The normalized spacial score (nSPS) is 12.6. The van der Waals surface area contributed by atoms with Crippen LogP contribution in [0.2, 0.25) is 5.02 Å². The molecular weight excluding hydrogens is 475 g/mol. The SMILES string of the molecule is Cn1c(=O)c2c(ncn2[C@@H](C(=O)Nc2ccc(Cl)c(C(F)(F)F)c2)c2ccccc2)n(C)c1=O. The van der Waals surface area contributed by atoms with Crippen LogP contribution in [-0.2, 0) is 25.1 Å². The standard InChI is InChI=1S/C22H17ClF3N5O3/c1-29-18-17(20(33)30(2)21(29)34)31(11-27-18)16(12-6-4-3-5-7-12)19(32)28-13-8-9-15(23)14(10-13)22(24,25)26/h3-11,16H,1-2H3,(H,28,32)/t16-/m1/s1. The molecule has 0 aliphatic rings. The zero-order valence-electron chi connectivity index (χ0n) is 17.8. The Hall–Kier alpha value is -3.86. The Morgan fingerprint density at radius 2 is 1.74 bits per heavy atom. The van der Waals surface area contributed by atoms with Gasteiger partial charge in [-0.15, -0.1) is 0 Å². The monoisotopic (exact) mass is 491 g/mol. The van der Waals surface area contributed by atoms with Gasteiger partial charge in [0.15, 0.2) is 11.2 Å². The average molecular weight is 492 g/mol. The fourth-order valence-corrected chi connectivity index (χ4v) is 3.89. The summed E-state index contributed by atoms with van der Waals surface area (Å²) in [6, 6.07) is 10.2. The van der Waals surface area contributed by atoms with Crippen molar-refractivity contribution >= 4 is 34.4 Å². The van der Waals surface area contributed by atoms with Crippen LogP contribution in [0.15, 0.2) is 64.4 Å². The number of aryl methyl sites for hydroxylation is 1. The summed E-state index contributed by atoms with van der Waals surface area (Å²) in [7, 11) is 2.73. The number of halogens is 4. The third kappa shape index (κ3) is 3.98. The Morgan fingerprint density at radius 1 is 1.06 bits per heavy atom. The summed E-state index contributed by atoms with van der Waals surface area (Å²) in [4.78, 5) is 42.7. The van der Waals surface area contributed by atoms with Crippen LogP contribution >= 0.6 is 11.6 Å². The quantitative estimate of drug-likeness (QED) is 0.474. The van der Waals surface area contributed by atoms with Crippen LogP contribution in [0.4, 0.5) is 18.9 Å². The number of hydrogen-bond acceptors (Lipinski definition) is 4. The molecule has 0 aliphatic carbocycles. The third-order valence-electron chi connectivity index (χ3n) is 5.35. The first kappa shape index (κ1) is 23.3. The predicted octanol–water partition coefficient (Wildman–Crippen LogP) is 3.33. The molecule has 2 heterocycles. The van der Waals surface area contributed by atoms with Gasteiger partial charge >= 0.3 is 11.9 Å². The van der Waals surface area contributed by atoms with E-state index in [-0.39, 0.29) is 16.9 Å². The third-order valence-corrected chi connectivity index (χ3v) is 5.68. The predicted molar refractivity (Wildman–Crippen MR) is 120 cm³/mol. The Morgan fingerprint density at radius 3 is 2.38 bits per heavy atom. The van der Waals surface area contributed by atoms with E-state index in [1.54, 1.807) is 30.3 Å². The van der Waals surface area contributed by atoms with Crippen LogP contribution in [0.1, 0.15) is 17.2 Å². The minimum atomic E-state index is -4.71. The summed E-state index contributed by atoms with van der Waals surface area (Å²) in [5, 5.41) is 1.97. The second-order valence-corrected chi connectivity index (χ2v) is 7.93. The van der Waals surface area contributed by atoms with Gasteiger partial charge in [0, 0.05) is 19.8 Å². The van der Waals surface area contributed by atoms with Crippen molar-refractivity contribution in [1.29, 1.82) is 0 Å². The van der Waals surface area contributed by atoms with Gasteiger partial charge in [0.2, 0.25) is 0 Å². The average Bonchev–Trinajstić information content (AvgIpc) is 3.22. The summed E-state index contributed by atoms with van der Waals surface area (Å²) in [6.45, 7) is 0. The number of carbonyl (C=O) groups excluding carboxylic acids is 1. The first-order valence-corrected chi connectivity index (χ1v) is 10.2. The van der Waals surface area contributed by atoms with Crippen LogP contribution in [0.5, 0.6) is 0 Å². The molecule has 2 aromatic carbocycles. The van der Waals surface area contributed by atoms with Crippen molar-refractivity contribution in [3.8, 4) is 0 Å². The van der Waals surface area contributed by atoms with E-state index in [0.717, 1.165) is 16.7 Å². The fourth-order valence-electron chi connectivity index (χ4n) is 3.66. The van der Waals surface area contributed by atoms with Crippen molar-refractivity contribution in [2.75, 3.05) is 5.32 Å². The summed E-state index contributed by atoms with van der Waals surface area (Å²) in [6.07, 6.45) is -3.47. The number of alkyl halides is 3. The molecule has 0 fully saturated rings. The highest BCUT2D eigenvalue weighted by Crippen LogP contribution is 2.36. The van der Waals surface area contributed by atoms with E-state index in [1.165, 1.54) is 35.6 Å². The van der Waals surface area contributed by atoms with E-state index in [4.69, 9.17) is 11.6 Å². The van der Waals surface area contributed by atoms with Crippen molar-refractivity contribution in [3.63, 3.8) is 0 Å². The smallest absolute Gasteiger partial charge is 0.324 e. The molecule has 0 unspecified atom stereocenters. The Kier molecular flexibility index (Phi) is 5.82. The van der Waals surface area contributed by atoms with Gasteiger partial charge in [-0.3, -0.25) is 18.7 Å². The molecule has 0 aliphatic heterocycles. The molecule has 0 bridgehead atoms. The van der Waals surface area contributed by atoms with Gasteiger partial charge in [0.05, 0.1) is 16.9 Å². The summed E-state index contributed by atoms with van der Waals surface area (Å²) < 4.78 is 43.1. The zero-order valence-corrected chi connectivity index (χ0v) is 18.6. The van der Waals surface area contributed by atoms with Crippen molar-refractivity contribution in [3.05, 3.63) is 91.8 Å². The van der Waals surface area contributed by atoms with Crippen molar-refractivity contribution < 1.29 is 18.0 Å². The molecule has 1 amide bonds. The summed E-state index contributed by atoms with van der Waals surface area (Å²) in [5.41, 5.74) is -2.00. The number of nitrogens with one attached hydrogen (secondary N) is 1. The first-order chi connectivity index (χ1) is 16.0. The van der Waals surface area contributed by atoms with Crippen LogP contribution < -0.4 is 16.6 Å². The van der Waals surface area contributed by atoms with Crippen LogP contribution in [-0.4, -0.2) is 24.6 Å². The number of anilines is 1. The molecule has 0 saturated heterocycles. The second kappa shape index (κ2) is 8.49. The maximum atomic E-state index is 13.4. The molecule has 4 rings (SSSR count). The second-order valence-electron chi connectivity index (χ2n) is 7.52. The number of nitrogens with zero attached hydrogens (tertiary/aromatic N) is 4. The molecule has 1 N–H and O–H groups in total. The lowest BCUT2D eigenvalue weighted by Gasteiger charge is -2.20. The molecule has 0 spiro atoms. The molecule has 0 saturated carbocycles. The lowest BCUT2D eigenvalue weighted by Crippen LogP contribution is -2.38. The lowest BCUT2D eigenvalue weighted by molar-refractivity contribution is -0.137. The van der Waals surface area contributed by atoms with Gasteiger partial charge in [0.25, 0.3) is 11.5 Å². The summed E-state index contributed by atoms with van der Waals surface area (Å²) >= 11 is 5.67. The number of aromatic nitrogens is 4. The summed E-state index contributed by atoms with van der Waals surface area (Å²) in [5.74, 6) is -0.725. The number of imidazole rings is 1. The topological polar surface area (TPSA) is 90.9 Å². The maximum absolute atomic E-state index is 13.4. The molecule has 34 heavy (non-hydrogen) atoms. The fraction of sp³-hybridized carbons (Fsp3) is 0.182. The number of benzene rings is 2. The zero-order chi connectivity index (χ0) is 24.8. The minimum Gasteiger partial charge on any atom is -0.324 e. The van der Waals surface area contributed by atoms with Gasteiger partial charge in [-0.25, -0.2) is 9.78 Å². The molecule has 12 heteroatoms. The van der Waals surface area contributed by atoms with E-state index in [0.29, 0.717) is 5.56 Å². The lowest BCUT2D eigenvalue weighted by atomic mass is 10.1. The van der Waals surface area contributed by atoms with Crippen LogP contribution in [0, 0.1) is 0 Å². The van der Waals surface area contributed by atoms with Gasteiger partial charge in [0.1, 0.15) is 6.04 Å². The Labute approximate surface area is 194 Å². The first-order valence-electron chi connectivity index (χ1n) is 9.86. The molecule has 1 atom stereocenters. The van der Waals surface area contributed by atoms with E-state index in [2.05, 4.69) is 10.3 Å². The number of hydrogen-bond donors (Lipinski definition) is 1. The van der Waals surface area contributed by atoms with Gasteiger partial charge in [-0.1, -0.05) is 41.9 Å². The number of fused-ring (bicyclic) bond motifs is 1. The van der Waals surface area contributed by atoms with E-state index >= 15 is 0 Å². The van der Waals surface area contributed by atoms with Crippen LogP contribution in [0.25, 0.3) is 11.2 Å². The molecule has 8 nitrogen and oxygen atoms in total. The number of rotatable bonds is 4. The van der Waals surface area contributed by atoms with Crippen molar-refractivity contribution in [2.24, 2.45) is 14.1 Å². The van der Waals surface area contributed by atoms with E-state index in [1.807, 2.05) is 0 Å². The molecule has 2 aromatic heterocycles. The molecular formula is C22H17ClF3N5O3. The number of carbonyl (C=O) groups is 1. The molecule has 0 radical (unpaired) electrons. The number of amides is 1. The Balaban J connectivity index is 1.86. The highest BCUT2D eigenvalue weighted by atomic mass is 35.5. The maximum Gasteiger partial charge on any atom is 0.417 e. The van der Waals surface area contributed by atoms with Crippen LogP contribution in [0.3, 0.4) is 0 Å². The van der Waals surface area contributed by atoms with Gasteiger partial charge in [-0.05, 0) is 23.8 Å². The van der Waals surface area contributed by atoms with E-state index < -0.39 is 40.0 Å². The largest absolute Gasteiger partial charge is 0.417 e. The Bertz CT molecular complexity index is 1520. The highest BCUT2D eigenvalue weighted by Gasteiger charge is 2.34.